The van der Waals surface area contributed by atoms with Gasteiger partial charge in [-0.15, -0.1) is 0 Å². The summed E-state index contributed by atoms with van der Waals surface area (Å²) in [6.07, 6.45) is 2.26. The summed E-state index contributed by atoms with van der Waals surface area (Å²) in [5, 5.41) is 3.80. The zero-order valence-electron chi connectivity index (χ0n) is 11.0. The van der Waals surface area contributed by atoms with Crippen molar-refractivity contribution in [3.8, 4) is 0 Å². The van der Waals surface area contributed by atoms with Gasteiger partial charge in [-0.25, -0.2) is 4.39 Å². The molecule has 0 saturated carbocycles. The van der Waals surface area contributed by atoms with E-state index in [0.29, 0.717) is 17.5 Å². The molecule has 1 unspecified atom stereocenters. The molecule has 0 amide bonds. The SMILES string of the molecule is CCC(CC)CNC(CN)c1cc(F)cc(Cl)c1. The Kier molecular flexibility index (Phi) is 6.61. The molecule has 0 bridgehead atoms. The molecule has 102 valence electrons. The van der Waals surface area contributed by atoms with E-state index in [1.165, 1.54) is 12.1 Å². The third kappa shape index (κ3) is 4.56. The molecule has 1 atom stereocenters. The first-order valence-electron chi connectivity index (χ1n) is 6.50. The summed E-state index contributed by atoms with van der Waals surface area (Å²) in [7, 11) is 0. The number of hydrogen-bond acceptors (Lipinski definition) is 2. The van der Waals surface area contributed by atoms with E-state index in [4.69, 9.17) is 17.3 Å². The molecule has 0 aliphatic rings. The number of benzene rings is 1. The summed E-state index contributed by atoms with van der Waals surface area (Å²) in [6, 6.07) is 4.52. The van der Waals surface area contributed by atoms with Crippen LogP contribution in [-0.2, 0) is 0 Å². The van der Waals surface area contributed by atoms with Crippen molar-refractivity contribution in [3.05, 3.63) is 34.6 Å². The summed E-state index contributed by atoms with van der Waals surface area (Å²) in [5.74, 6) is 0.309. The topological polar surface area (TPSA) is 38.0 Å². The van der Waals surface area contributed by atoms with Crippen molar-refractivity contribution in [1.29, 1.82) is 0 Å². The minimum Gasteiger partial charge on any atom is -0.329 e. The average molecular weight is 273 g/mol. The van der Waals surface area contributed by atoms with Crippen LogP contribution in [-0.4, -0.2) is 13.1 Å². The largest absolute Gasteiger partial charge is 0.329 e. The maximum Gasteiger partial charge on any atom is 0.125 e. The van der Waals surface area contributed by atoms with Crippen LogP contribution in [0.2, 0.25) is 5.02 Å². The van der Waals surface area contributed by atoms with Crippen LogP contribution in [0.25, 0.3) is 0 Å². The fourth-order valence-electron chi connectivity index (χ4n) is 2.00. The van der Waals surface area contributed by atoms with Crippen molar-refractivity contribution in [2.45, 2.75) is 32.7 Å². The van der Waals surface area contributed by atoms with Gasteiger partial charge in [0, 0.05) is 17.6 Å². The van der Waals surface area contributed by atoms with Gasteiger partial charge in [0.25, 0.3) is 0 Å². The number of halogens is 2. The molecule has 0 radical (unpaired) electrons. The standard InChI is InChI=1S/C14H22ClFN2/c1-3-10(4-2)9-18-14(8-17)11-5-12(15)7-13(16)6-11/h5-7,10,14,18H,3-4,8-9,17H2,1-2H3. The molecule has 0 spiro atoms. The summed E-state index contributed by atoms with van der Waals surface area (Å²) in [4.78, 5) is 0. The second kappa shape index (κ2) is 7.72. The van der Waals surface area contributed by atoms with Gasteiger partial charge in [0.2, 0.25) is 0 Å². The molecule has 18 heavy (non-hydrogen) atoms. The lowest BCUT2D eigenvalue weighted by atomic mass is 10.0. The molecule has 4 heteroatoms. The predicted octanol–water partition coefficient (Wildman–Crippen LogP) is 3.50. The van der Waals surface area contributed by atoms with E-state index in [1.807, 2.05) is 0 Å². The smallest absolute Gasteiger partial charge is 0.125 e. The lowest BCUT2D eigenvalue weighted by Gasteiger charge is -2.21. The van der Waals surface area contributed by atoms with Gasteiger partial charge in [-0.1, -0.05) is 38.3 Å². The molecular weight excluding hydrogens is 251 g/mol. The maximum absolute atomic E-state index is 13.3. The van der Waals surface area contributed by atoms with Gasteiger partial charge in [-0.05, 0) is 36.2 Å². The van der Waals surface area contributed by atoms with E-state index >= 15 is 0 Å². The first-order valence-corrected chi connectivity index (χ1v) is 6.87. The van der Waals surface area contributed by atoms with Crippen molar-refractivity contribution in [2.75, 3.05) is 13.1 Å². The highest BCUT2D eigenvalue weighted by Crippen LogP contribution is 2.20. The Hall–Kier alpha value is -0.640. The van der Waals surface area contributed by atoms with Crippen LogP contribution in [0.1, 0.15) is 38.3 Å². The van der Waals surface area contributed by atoms with E-state index in [9.17, 15) is 4.39 Å². The van der Waals surface area contributed by atoms with E-state index in [-0.39, 0.29) is 11.9 Å². The molecule has 0 fully saturated rings. The molecule has 3 N–H and O–H groups in total. The number of nitrogens with two attached hydrogens (primary N) is 1. The van der Waals surface area contributed by atoms with Gasteiger partial charge >= 0.3 is 0 Å². The Morgan fingerprint density at radius 1 is 1.28 bits per heavy atom. The molecule has 1 aromatic rings. The Balaban J connectivity index is 2.70. The Morgan fingerprint density at radius 2 is 1.94 bits per heavy atom. The van der Waals surface area contributed by atoms with Crippen LogP contribution in [0.5, 0.6) is 0 Å². The first-order chi connectivity index (χ1) is 8.60. The van der Waals surface area contributed by atoms with Crippen molar-refractivity contribution < 1.29 is 4.39 Å². The summed E-state index contributed by atoms with van der Waals surface area (Å²) >= 11 is 5.86. The lowest BCUT2D eigenvalue weighted by Crippen LogP contribution is -2.32. The monoisotopic (exact) mass is 272 g/mol. The summed E-state index contributed by atoms with van der Waals surface area (Å²) < 4.78 is 13.3. The highest BCUT2D eigenvalue weighted by atomic mass is 35.5. The molecule has 0 aliphatic carbocycles. The fourth-order valence-corrected chi connectivity index (χ4v) is 2.23. The second-order valence-corrected chi connectivity index (χ2v) is 5.02. The van der Waals surface area contributed by atoms with E-state index in [2.05, 4.69) is 19.2 Å². The van der Waals surface area contributed by atoms with E-state index < -0.39 is 0 Å². The number of rotatable bonds is 7. The normalized spacial score (nSPS) is 13.0. The van der Waals surface area contributed by atoms with Crippen molar-refractivity contribution >= 4 is 11.6 Å². The second-order valence-electron chi connectivity index (χ2n) is 4.58. The highest BCUT2D eigenvalue weighted by Gasteiger charge is 2.13. The van der Waals surface area contributed by atoms with Gasteiger partial charge < -0.3 is 11.1 Å². The minimum atomic E-state index is -0.319. The van der Waals surface area contributed by atoms with Gasteiger partial charge in [0.05, 0.1) is 0 Å². The fraction of sp³-hybridized carbons (Fsp3) is 0.571. The molecule has 2 nitrogen and oxygen atoms in total. The van der Waals surface area contributed by atoms with Crippen LogP contribution in [0.3, 0.4) is 0 Å². The quantitative estimate of drug-likeness (QED) is 0.797. The van der Waals surface area contributed by atoms with Crippen molar-refractivity contribution in [3.63, 3.8) is 0 Å². The molecular formula is C14H22ClFN2. The predicted molar refractivity (Wildman–Crippen MR) is 75.3 cm³/mol. The zero-order valence-corrected chi connectivity index (χ0v) is 11.8. The maximum atomic E-state index is 13.3. The zero-order chi connectivity index (χ0) is 13.5. The van der Waals surface area contributed by atoms with Crippen LogP contribution in [0, 0.1) is 11.7 Å². The molecule has 1 rings (SSSR count). The van der Waals surface area contributed by atoms with Crippen LogP contribution >= 0.6 is 11.6 Å². The molecule has 0 heterocycles. The van der Waals surface area contributed by atoms with Crippen molar-refractivity contribution in [1.82, 2.24) is 5.32 Å². The Labute approximate surface area is 114 Å². The number of nitrogens with one attached hydrogen (secondary N) is 1. The highest BCUT2D eigenvalue weighted by molar-refractivity contribution is 6.30. The van der Waals surface area contributed by atoms with Gasteiger partial charge in [-0.3, -0.25) is 0 Å². The Morgan fingerprint density at radius 3 is 2.44 bits per heavy atom. The molecule has 0 aromatic heterocycles. The van der Waals surface area contributed by atoms with Gasteiger partial charge in [-0.2, -0.15) is 0 Å². The molecule has 0 saturated heterocycles. The first kappa shape index (κ1) is 15.4. The molecule has 1 aromatic carbocycles. The van der Waals surface area contributed by atoms with Gasteiger partial charge in [0.15, 0.2) is 0 Å². The summed E-state index contributed by atoms with van der Waals surface area (Å²) in [5.41, 5.74) is 6.56. The summed E-state index contributed by atoms with van der Waals surface area (Å²) in [6.45, 7) is 5.67. The third-order valence-corrected chi connectivity index (χ3v) is 3.55. The third-order valence-electron chi connectivity index (χ3n) is 3.33. The minimum absolute atomic E-state index is 0.0428. The van der Waals surface area contributed by atoms with Gasteiger partial charge in [0.1, 0.15) is 5.82 Å². The van der Waals surface area contributed by atoms with Crippen LogP contribution in [0.4, 0.5) is 4.39 Å². The van der Waals surface area contributed by atoms with Crippen LogP contribution < -0.4 is 11.1 Å². The molecule has 0 aliphatic heterocycles. The van der Waals surface area contributed by atoms with Crippen molar-refractivity contribution in [2.24, 2.45) is 11.7 Å². The van der Waals surface area contributed by atoms with E-state index in [1.54, 1.807) is 6.07 Å². The lowest BCUT2D eigenvalue weighted by molar-refractivity contribution is 0.413. The van der Waals surface area contributed by atoms with E-state index in [0.717, 1.165) is 24.9 Å². The van der Waals surface area contributed by atoms with Crippen LogP contribution in [0.15, 0.2) is 18.2 Å². The average Bonchev–Trinajstić information content (AvgIpc) is 2.33. The number of hydrogen-bond donors (Lipinski definition) is 2. The Bertz CT molecular complexity index is 347.